The van der Waals surface area contributed by atoms with Crippen molar-refractivity contribution in [3.63, 3.8) is 0 Å². The van der Waals surface area contributed by atoms with E-state index in [9.17, 15) is 0 Å². The molecule has 0 aliphatic rings. The molecule has 9 nitrogen and oxygen atoms in total. The van der Waals surface area contributed by atoms with Crippen LogP contribution in [0.5, 0.6) is 0 Å². The number of aromatic nitrogens is 7. The predicted molar refractivity (Wildman–Crippen MR) is 122 cm³/mol. The number of hydrogen-bond acceptors (Lipinski definition) is 9. The summed E-state index contributed by atoms with van der Waals surface area (Å²) in [5, 5.41) is 10.2. The molecule has 0 atom stereocenters. The minimum absolute atomic E-state index is 0.180. The summed E-state index contributed by atoms with van der Waals surface area (Å²) in [6.45, 7) is 1.97. The largest absolute Gasteiger partial charge is 0.368 e. The van der Waals surface area contributed by atoms with Gasteiger partial charge in [-0.25, -0.2) is 0 Å². The summed E-state index contributed by atoms with van der Waals surface area (Å²) in [4.78, 5) is 18.7. The minimum atomic E-state index is 0.180. The Kier molecular flexibility index (Phi) is 6.01. The Morgan fingerprint density at radius 3 is 2.58 bits per heavy atom. The van der Waals surface area contributed by atoms with Crippen molar-refractivity contribution in [1.29, 1.82) is 0 Å². The van der Waals surface area contributed by atoms with E-state index in [0.29, 0.717) is 33.5 Å². The quantitative estimate of drug-likeness (QED) is 0.439. The first-order valence-corrected chi connectivity index (χ1v) is 10.7. The molecule has 0 spiro atoms. The van der Waals surface area contributed by atoms with Gasteiger partial charge in [0.2, 0.25) is 11.9 Å². The number of nitrogen functional groups attached to an aromatic ring is 1. The van der Waals surface area contributed by atoms with E-state index < -0.39 is 0 Å². The maximum atomic E-state index is 6.40. The Labute approximate surface area is 188 Å². The maximum absolute atomic E-state index is 6.40. The number of thioether (sulfide) groups is 1. The molecule has 4 rings (SSSR count). The van der Waals surface area contributed by atoms with E-state index in [1.54, 1.807) is 17.3 Å². The highest BCUT2D eigenvalue weighted by Crippen LogP contribution is 2.32. The number of nitrogens with two attached hydrogens (primary N) is 1. The molecule has 0 aliphatic heterocycles. The molecule has 0 saturated heterocycles. The molecule has 4 aromatic rings. The van der Waals surface area contributed by atoms with Crippen LogP contribution in [0.1, 0.15) is 11.4 Å². The molecule has 0 saturated carbocycles. The smallest absolute Gasteiger partial charge is 0.229 e. The van der Waals surface area contributed by atoms with Crippen LogP contribution >= 0.6 is 23.4 Å². The number of rotatable bonds is 6. The zero-order valence-electron chi connectivity index (χ0n) is 17.2. The van der Waals surface area contributed by atoms with Crippen molar-refractivity contribution in [2.24, 2.45) is 0 Å². The highest BCUT2D eigenvalue weighted by Gasteiger charge is 2.19. The predicted octanol–water partition coefficient (Wildman–Crippen LogP) is 3.42. The third kappa shape index (κ3) is 4.44. The molecule has 0 fully saturated rings. The first-order chi connectivity index (χ1) is 14.9. The van der Waals surface area contributed by atoms with Crippen molar-refractivity contribution in [3.05, 3.63) is 59.1 Å². The molecular formula is C20H20ClN9S. The summed E-state index contributed by atoms with van der Waals surface area (Å²) in [6, 6.07) is 9.55. The fourth-order valence-electron chi connectivity index (χ4n) is 2.93. The van der Waals surface area contributed by atoms with Crippen molar-refractivity contribution in [2.75, 3.05) is 24.7 Å². The number of benzene rings is 1. The van der Waals surface area contributed by atoms with Gasteiger partial charge in [-0.15, -0.1) is 10.2 Å². The second-order valence-electron chi connectivity index (χ2n) is 6.85. The first-order valence-electron chi connectivity index (χ1n) is 9.36. The molecule has 2 N–H and O–H groups in total. The van der Waals surface area contributed by atoms with Crippen molar-refractivity contribution in [3.8, 4) is 17.1 Å². The Balaban J connectivity index is 1.75. The summed E-state index contributed by atoms with van der Waals surface area (Å²) >= 11 is 7.86. The third-order valence-electron chi connectivity index (χ3n) is 4.47. The summed E-state index contributed by atoms with van der Waals surface area (Å²) in [5.41, 5.74) is 8.58. The van der Waals surface area contributed by atoms with Crippen molar-refractivity contribution in [1.82, 2.24) is 34.7 Å². The highest BCUT2D eigenvalue weighted by atomic mass is 35.5. The van der Waals surface area contributed by atoms with Gasteiger partial charge in [0.25, 0.3) is 0 Å². The van der Waals surface area contributed by atoms with E-state index in [-0.39, 0.29) is 5.95 Å². The van der Waals surface area contributed by atoms with Gasteiger partial charge in [0.15, 0.2) is 11.0 Å². The van der Waals surface area contributed by atoms with Gasteiger partial charge in [0.05, 0.1) is 11.4 Å². The van der Waals surface area contributed by atoms with E-state index in [1.165, 1.54) is 11.8 Å². The number of nitrogens with zero attached hydrogens (tertiary/aromatic N) is 8. The van der Waals surface area contributed by atoms with Crippen LogP contribution in [0, 0.1) is 6.92 Å². The SMILES string of the molecule is Cc1c(Cl)cccc1-n1c(SCc2nc(N)nc(N(C)C)n2)nnc1-c1ccncc1. The molecule has 0 aliphatic carbocycles. The Bertz CT molecular complexity index is 1210. The molecule has 3 heterocycles. The summed E-state index contributed by atoms with van der Waals surface area (Å²) in [6.07, 6.45) is 3.45. The topological polar surface area (TPSA) is 112 Å². The lowest BCUT2D eigenvalue weighted by molar-refractivity contribution is 0.874. The number of pyridine rings is 1. The lowest BCUT2D eigenvalue weighted by atomic mass is 10.2. The van der Waals surface area contributed by atoms with Gasteiger partial charge >= 0.3 is 0 Å². The van der Waals surface area contributed by atoms with Gasteiger partial charge in [0, 0.05) is 37.1 Å². The molecule has 3 aromatic heterocycles. The number of hydrogen-bond donors (Lipinski definition) is 1. The van der Waals surface area contributed by atoms with E-state index in [1.807, 2.05) is 55.9 Å². The fourth-order valence-corrected chi connectivity index (χ4v) is 3.89. The monoisotopic (exact) mass is 453 g/mol. The molecular weight excluding hydrogens is 434 g/mol. The van der Waals surface area contributed by atoms with E-state index in [0.717, 1.165) is 16.8 Å². The van der Waals surface area contributed by atoms with Gasteiger partial charge in [-0.3, -0.25) is 9.55 Å². The van der Waals surface area contributed by atoms with E-state index in [4.69, 9.17) is 17.3 Å². The average molecular weight is 454 g/mol. The summed E-state index contributed by atoms with van der Waals surface area (Å²) in [7, 11) is 3.70. The van der Waals surface area contributed by atoms with Crippen LogP contribution in [0.3, 0.4) is 0 Å². The van der Waals surface area contributed by atoms with E-state index >= 15 is 0 Å². The lowest BCUT2D eigenvalue weighted by Gasteiger charge is -2.14. The summed E-state index contributed by atoms with van der Waals surface area (Å²) < 4.78 is 1.98. The Morgan fingerprint density at radius 2 is 1.84 bits per heavy atom. The van der Waals surface area contributed by atoms with Crippen molar-refractivity contribution < 1.29 is 0 Å². The zero-order valence-corrected chi connectivity index (χ0v) is 18.8. The van der Waals surface area contributed by atoms with E-state index in [2.05, 4.69) is 30.1 Å². The summed E-state index contributed by atoms with van der Waals surface area (Å²) in [5.74, 6) is 2.39. The maximum Gasteiger partial charge on any atom is 0.229 e. The zero-order chi connectivity index (χ0) is 22.0. The highest BCUT2D eigenvalue weighted by molar-refractivity contribution is 7.98. The third-order valence-corrected chi connectivity index (χ3v) is 5.80. The van der Waals surface area contributed by atoms with Crippen LogP contribution in [-0.2, 0) is 5.75 Å². The second kappa shape index (κ2) is 8.86. The molecule has 1 aromatic carbocycles. The van der Waals surface area contributed by atoms with Gasteiger partial charge in [0.1, 0.15) is 5.82 Å². The molecule has 158 valence electrons. The van der Waals surface area contributed by atoms with Gasteiger partial charge in [-0.05, 0) is 36.8 Å². The van der Waals surface area contributed by atoms with Crippen LogP contribution in [0.2, 0.25) is 5.02 Å². The van der Waals surface area contributed by atoms with Gasteiger partial charge in [-0.2, -0.15) is 15.0 Å². The molecule has 11 heteroatoms. The standard InChI is InChI=1S/C20H20ClN9S/c1-12-14(21)5-4-6-15(12)30-17(13-7-9-23-10-8-13)27-28-20(30)31-11-16-24-18(22)26-19(25-16)29(2)3/h4-10H,11H2,1-3H3,(H2,22,24,25,26). The Hall–Kier alpha value is -3.24. The molecule has 0 radical (unpaired) electrons. The van der Waals surface area contributed by atoms with Crippen LogP contribution in [0.4, 0.5) is 11.9 Å². The fraction of sp³-hybridized carbons (Fsp3) is 0.200. The normalized spacial score (nSPS) is 11.0. The molecule has 0 unspecified atom stereocenters. The number of halogens is 1. The first kappa shape index (κ1) is 21.0. The number of anilines is 2. The van der Waals surface area contributed by atoms with Gasteiger partial charge < -0.3 is 10.6 Å². The van der Waals surface area contributed by atoms with Crippen LogP contribution in [-0.4, -0.2) is 48.8 Å². The van der Waals surface area contributed by atoms with Crippen LogP contribution in [0.25, 0.3) is 17.1 Å². The lowest BCUT2D eigenvalue weighted by Crippen LogP contribution is -2.16. The molecule has 31 heavy (non-hydrogen) atoms. The van der Waals surface area contributed by atoms with Crippen LogP contribution < -0.4 is 10.6 Å². The Morgan fingerprint density at radius 1 is 1.06 bits per heavy atom. The van der Waals surface area contributed by atoms with Gasteiger partial charge in [-0.1, -0.05) is 29.4 Å². The average Bonchev–Trinajstić information content (AvgIpc) is 3.18. The second-order valence-corrected chi connectivity index (χ2v) is 8.20. The molecule has 0 bridgehead atoms. The molecule has 0 amide bonds. The van der Waals surface area contributed by atoms with Crippen molar-refractivity contribution >= 4 is 35.3 Å². The minimum Gasteiger partial charge on any atom is -0.368 e. The van der Waals surface area contributed by atoms with Crippen LogP contribution in [0.15, 0.2) is 47.9 Å². The van der Waals surface area contributed by atoms with Crippen molar-refractivity contribution in [2.45, 2.75) is 17.8 Å².